The van der Waals surface area contributed by atoms with E-state index in [-0.39, 0.29) is 18.4 Å². The lowest BCUT2D eigenvalue weighted by Gasteiger charge is -2.16. The molecule has 132 valence electrons. The molecule has 0 saturated carbocycles. The molecule has 1 atom stereocenters. The molecule has 1 heterocycles. The summed E-state index contributed by atoms with van der Waals surface area (Å²) in [4.78, 5) is 28.2. The van der Waals surface area contributed by atoms with Crippen LogP contribution in [0.1, 0.15) is 36.3 Å². The zero-order valence-electron chi connectivity index (χ0n) is 14.8. The van der Waals surface area contributed by atoms with Gasteiger partial charge in [-0.1, -0.05) is 44.2 Å². The van der Waals surface area contributed by atoms with E-state index in [1.165, 1.54) is 0 Å². The van der Waals surface area contributed by atoms with E-state index in [0.29, 0.717) is 17.7 Å². The summed E-state index contributed by atoms with van der Waals surface area (Å²) >= 11 is 0. The third-order valence-electron chi connectivity index (χ3n) is 4.01. The monoisotopic (exact) mass is 340 g/mol. The Balaban J connectivity index is 2.08. The second-order valence-electron chi connectivity index (χ2n) is 6.57. The van der Waals surface area contributed by atoms with Crippen LogP contribution >= 0.6 is 0 Å². The number of carbonyl (C=O) groups is 2. The molecule has 1 unspecified atom stereocenters. The maximum Gasteiger partial charge on any atom is 0.308 e. The molecule has 0 bridgehead atoms. The third kappa shape index (κ3) is 5.14. The fourth-order valence-corrected chi connectivity index (χ4v) is 2.72. The van der Waals surface area contributed by atoms with Crippen molar-refractivity contribution in [1.29, 1.82) is 0 Å². The van der Waals surface area contributed by atoms with E-state index in [9.17, 15) is 14.7 Å². The molecule has 1 aromatic carbocycles. The van der Waals surface area contributed by atoms with Crippen molar-refractivity contribution >= 4 is 11.9 Å². The van der Waals surface area contributed by atoms with Crippen molar-refractivity contribution in [3.8, 4) is 11.3 Å². The number of benzene rings is 1. The van der Waals surface area contributed by atoms with Crippen LogP contribution in [-0.4, -0.2) is 28.5 Å². The molecule has 0 spiro atoms. The first-order chi connectivity index (χ1) is 11.9. The number of rotatable bonds is 7. The van der Waals surface area contributed by atoms with Crippen molar-refractivity contribution in [3.05, 3.63) is 53.7 Å². The van der Waals surface area contributed by atoms with E-state index in [1.54, 1.807) is 19.1 Å². The summed E-state index contributed by atoms with van der Waals surface area (Å²) in [7, 11) is 0. The van der Waals surface area contributed by atoms with Gasteiger partial charge in [-0.25, -0.2) is 0 Å². The van der Waals surface area contributed by atoms with Gasteiger partial charge in [0, 0.05) is 12.1 Å². The van der Waals surface area contributed by atoms with Gasteiger partial charge in [0.05, 0.1) is 22.9 Å². The second kappa shape index (κ2) is 8.42. The van der Waals surface area contributed by atoms with Crippen molar-refractivity contribution in [1.82, 2.24) is 10.3 Å². The molecule has 0 aliphatic rings. The number of amides is 1. The van der Waals surface area contributed by atoms with Gasteiger partial charge in [0.1, 0.15) is 0 Å². The molecule has 2 aromatic rings. The van der Waals surface area contributed by atoms with Gasteiger partial charge < -0.3 is 10.4 Å². The highest BCUT2D eigenvalue weighted by atomic mass is 16.4. The van der Waals surface area contributed by atoms with Gasteiger partial charge in [0.25, 0.3) is 5.91 Å². The van der Waals surface area contributed by atoms with Crippen LogP contribution in [-0.2, 0) is 4.79 Å². The van der Waals surface area contributed by atoms with Crippen LogP contribution in [0.5, 0.6) is 0 Å². The van der Waals surface area contributed by atoms with Gasteiger partial charge in [0.2, 0.25) is 0 Å². The summed E-state index contributed by atoms with van der Waals surface area (Å²) in [5.41, 5.74) is 2.88. The van der Waals surface area contributed by atoms with E-state index in [1.807, 2.05) is 44.2 Å². The van der Waals surface area contributed by atoms with Crippen molar-refractivity contribution in [3.63, 3.8) is 0 Å². The van der Waals surface area contributed by atoms with E-state index < -0.39 is 11.9 Å². The van der Waals surface area contributed by atoms with Gasteiger partial charge in [0.15, 0.2) is 0 Å². The molecular formula is C20H24N2O3. The minimum absolute atomic E-state index is 0.117. The summed E-state index contributed by atoms with van der Waals surface area (Å²) < 4.78 is 0. The number of carbonyl (C=O) groups excluding carboxylic acids is 1. The predicted molar refractivity (Wildman–Crippen MR) is 97.3 cm³/mol. The van der Waals surface area contributed by atoms with Crippen molar-refractivity contribution in [2.45, 2.75) is 27.2 Å². The molecule has 0 saturated heterocycles. The van der Waals surface area contributed by atoms with E-state index >= 15 is 0 Å². The van der Waals surface area contributed by atoms with Crippen LogP contribution in [0.15, 0.2) is 42.5 Å². The predicted octanol–water partition coefficient (Wildman–Crippen LogP) is 3.53. The highest BCUT2D eigenvalue weighted by Gasteiger charge is 2.20. The Hall–Kier alpha value is -2.69. The number of aromatic nitrogens is 1. The van der Waals surface area contributed by atoms with Crippen molar-refractivity contribution in [2.75, 3.05) is 6.54 Å². The number of hydrogen-bond donors (Lipinski definition) is 2. The second-order valence-corrected chi connectivity index (χ2v) is 6.57. The molecule has 25 heavy (non-hydrogen) atoms. The summed E-state index contributed by atoms with van der Waals surface area (Å²) in [6, 6.07) is 13.3. The lowest BCUT2D eigenvalue weighted by Crippen LogP contribution is -2.34. The zero-order chi connectivity index (χ0) is 18.4. The fourth-order valence-electron chi connectivity index (χ4n) is 2.72. The molecule has 2 rings (SSSR count). The molecule has 1 amide bonds. The highest BCUT2D eigenvalue weighted by Crippen LogP contribution is 2.19. The van der Waals surface area contributed by atoms with Crippen LogP contribution < -0.4 is 5.32 Å². The Morgan fingerprint density at radius 1 is 1.12 bits per heavy atom. The number of aryl methyl sites for hydroxylation is 1. The maximum atomic E-state index is 12.4. The number of hydrogen-bond acceptors (Lipinski definition) is 3. The summed E-state index contributed by atoms with van der Waals surface area (Å²) in [6.45, 7) is 5.83. The zero-order valence-corrected chi connectivity index (χ0v) is 14.8. The largest absolute Gasteiger partial charge is 0.481 e. The van der Waals surface area contributed by atoms with Crippen LogP contribution in [0.3, 0.4) is 0 Å². The summed E-state index contributed by atoms with van der Waals surface area (Å²) in [6.07, 6.45) is 0.528. The molecular weight excluding hydrogens is 316 g/mol. The molecule has 0 radical (unpaired) electrons. The number of aliphatic carboxylic acids is 1. The number of nitrogens with one attached hydrogen (secondary N) is 1. The molecule has 0 aliphatic carbocycles. The Morgan fingerprint density at radius 3 is 2.36 bits per heavy atom. The number of pyridine rings is 1. The van der Waals surface area contributed by atoms with Gasteiger partial charge in [-0.05, 0) is 31.4 Å². The van der Waals surface area contributed by atoms with Crippen LogP contribution in [0.2, 0.25) is 0 Å². The van der Waals surface area contributed by atoms with Crippen molar-refractivity contribution < 1.29 is 14.7 Å². The first kappa shape index (κ1) is 18.6. The van der Waals surface area contributed by atoms with E-state index in [2.05, 4.69) is 10.3 Å². The van der Waals surface area contributed by atoms with Gasteiger partial charge >= 0.3 is 5.97 Å². The smallest absolute Gasteiger partial charge is 0.308 e. The first-order valence-electron chi connectivity index (χ1n) is 8.42. The molecule has 2 N–H and O–H groups in total. The fraction of sp³-hybridized carbons (Fsp3) is 0.350. The lowest BCUT2D eigenvalue weighted by molar-refractivity contribution is -0.142. The Bertz CT molecular complexity index is 742. The van der Waals surface area contributed by atoms with Crippen LogP contribution in [0.4, 0.5) is 0 Å². The minimum Gasteiger partial charge on any atom is -0.481 e. The maximum absolute atomic E-state index is 12.4. The SMILES string of the molecule is Cc1nc(-c2ccccc2)ccc1C(=O)NCC(CC(C)C)C(=O)O. The van der Waals surface area contributed by atoms with Crippen LogP contribution in [0, 0.1) is 18.8 Å². The lowest BCUT2D eigenvalue weighted by atomic mass is 9.97. The minimum atomic E-state index is -0.886. The average Bonchev–Trinajstić information content (AvgIpc) is 2.58. The Labute approximate surface area is 148 Å². The molecule has 0 aliphatic heterocycles. The van der Waals surface area contributed by atoms with E-state index in [0.717, 1.165) is 11.3 Å². The Morgan fingerprint density at radius 2 is 1.80 bits per heavy atom. The molecule has 0 fully saturated rings. The number of carboxylic acid groups (broad SMARTS) is 1. The Kier molecular flexibility index (Phi) is 6.28. The first-order valence-corrected chi connectivity index (χ1v) is 8.42. The molecule has 1 aromatic heterocycles. The van der Waals surface area contributed by atoms with Gasteiger partial charge in [-0.2, -0.15) is 0 Å². The quantitative estimate of drug-likeness (QED) is 0.808. The topological polar surface area (TPSA) is 79.3 Å². The molecule has 5 nitrogen and oxygen atoms in total. The normalized spacial score (nSPS) is 12.0. The van der Waals surface area contributed by atoms with Gasteiger partial charge in [-0.3, -0.25) is 14.6 Å². The highest BCUT2D eigenvalue weighted by molar-refractivity contribution is 5.95. The van der Waals surface area contributed by atoms with Gasteiger partial charge in [-0.15, -0.1) is 0 Å². The summed E-state index contributed by atoms with van der Waals surface area (Å²) in [5.74, 6) is -1.50. The van der Waals surface area contributed by atoms with Crippen molar-refractivity contribution in [2.24, 2.45) is 11.8 Å². The number of nitrogens with zero attached hydrogens (tertiary/aromatic N) is 1. The average molecular weight is 340 g/mol. The standard InChI is InChI=1S/C20H24N2O3/c1-13(2)11-16(20(24)25)12-21-19(23)17-9-10-18(22-14(17)3)15-7-5-4-6-8-15/h4-10,13,16H,11-12H2,1-3H3,(H,21,23)(H,24,25). The third-order valence-corrected chi connectivity index (χ3v) is 4.01. The molecule has 5 heteroatoms. The van der Waals surface area contributed by atoms with Crippen LogP contribution in [0.25, 0.3) is 11.3 Å². The van der Waals surface area contributed by atoms with E-state index in [4.69, 9.17) is 0 Å². The number of carboxylic acids is 1. The summed E-state index contributed by atoms with van der Waals surface area (Å²) in [5, 5.41) is 12.0.